The lowest BCUT2D eigenvalue weighted by molar-refractivity contribution is 0.118. The first kappa shape index (κ1) is 11.3. The molecule has 5 heteroatoms. The molecule has 1 aromatic rings. The normalized spacial score (nSPS) is 25.1. The van der Waals surface area contributed by atoms with Crippen LogP contribution in [0.3, 0.4) is 0 Å². The topological polar surface area (TPSA) is 64.3 Å². The molecular formula is C11H18N4O. The van der Waals surface area contributed by atoms with Crippen molar-refractivity contribution >= 4 is 5.82 Å². The van der Waals surface area contributed by atoms with Gasteiger partial charge in [0.2, 0.25) is 0 Å². The van der Waals surface area contributed by atoms with Crippen LogP contribution in [0.4, 0.5) is 5.82 Å². The number of aryl methyl sites for hydroxylation is 1. The number of aromatic nitrogens is 2. The van der Waals surface area contributed by atoms with E-state index in [0.717, 1.165) is 24.5 Å². The van der Waals surface area contributed by atoms with Crippen LogP contribution in [-0.2, 0) is 4.74 Å². The molecule has 1 saturated heterocycles. The van der Waals surface area contributed by atoms with Crippen LogP contribution in [0.25, 0.3) is 0 Å². The Kier molecular flexibility index (Phi) is 3.36. The molecule has 2 atom stereocenters. The van der Waals surface area contributed by atoms with Gasteiger partial charge in [0.05, 0.1) is 6.10 Å². The maximum atomic E-state index is 5.78. The molecule has 1 aliphatic heterocycles. The summed E-state index contributed by atoms with van der Waals surface area (Å²) >= 11 is 0. The number of methoxy groups -OCH3 is 1. The molecule has 0 spiro atoms. The lowest BCUT2D eigenvalue weighted by Gasteiger charge is -2.24. The molecule has 16 heavy (non-hydrogen) atoms. The SMILES string of the molecule is COC1CC(CN)N(c2cc(C)ncn2)C1. The number of hydrogen-bond acceptors (Lipinski definition) is 5. The average molecular weight is 222 g/mol. The minimum atomic E-state index is 0.254. The minimum absolute atomic E-state index is 0.254. The second kappa shape index (κ2) is 4.76. The fourth-order valence-corrected chi connectivity index (χ4v) is 2.15. The molecule has 0 saturated carbocycles. The number of nitrogens with two attached hydrogens (primary N) is 1. The standard InChI is InChI=1S/C11H18N4O/c1-8-3-11(14-7-13-8)15-6-10(16-2)4-9(15)5-12/h3,7,9-10H,4-6,12H2,1-2H3. The molecule has 0 aliphatic carbocycles. The third-order valence-corrected chi connectivity index (χ3v) is 3.07. The van der Waals surface area contributed by atoms with Gasteiger partial charge < -0.3 is 15.4 Å². The lowest BCUT2D eigenvalue weighted by atomic mass is 10.2. The summed E-state index contributed by atoms with van der Waals surface area (Å²) < 4.78 is 5.38. The van der Waals surface area contributed by atoms with E-state index in [1.807, 2.05) is 13.0 Å². The van der Waals surface area contributed by atoms with Crippen molar-refractivity contribution in [2.24, 2.45) is 5.73 Å². The average Bonchev–Trinajstić information content (AvgIpc) is 2.72. The van der Waals surface area contributed by atoms with Crippen LogP contribution < -0.4 is 10.6 Å². The van der Waals surface area contributed by atoms with Gasteiger partial charge >= 0.3 is 0 Å². The van der Waals surface area contributed by atoms with Gasteiger partial charge in [0.25, 0.3) is 0 Å². The number of ether oxygens (including phenoxy) is 1. The summed E-state index contributed by atoms with van der Waals surface area (Å²) in [6, 6.07) is 2.31. The van der Waals surface area contributed by atoms with E-state index in [1.165, 1.54) is 0 Å². The number of anilines is 1. The largest absolute Gasteiger partial charge is 0.380 e. The van der Waals surface area contributed by atoms with Gasteiger partial charge in [-0.2, -0.15) is 0 Å². The Labute approximate surface area is 95.6 Å². The second-order valence-corrected chi connectivity index (χ2v) is 4.15. The Balaban J connectivity index is 2.19. The van der Waals surface area contributed by atoms with Gasteiger partial charge in [-0.3, -0.25) is 0 Å². The van der Waals surface area contributed by atoms with E-state index in [9.17, 15) is 0 Å². The zero-order valence-electron chi connectivity index (χ0n) is 9.76. The van der Waals surface area contributed by atoms with Crippen LogP contribution in [0.15, 0.2) is 12.4 Å². The van der Waals surface area contributed by atoms with Crippen LogP contribution in [0.5, 0.6) is 0 Å². The third kappa shape index (κ3) is 2.15. The summed E-state index contributed by atoms with van der Waals surface area (Å²) in [6.45, 7) is 3.45. The molecule has 1 aromatic heterocycles. The van der Waals surface area contributed by atoms with Gasteiger partial charge in [-0.05, 0) is 13.3 Å². The van der Waals surface area contributed by atoms with E-state index in [1.54, 1.807) is 13.4 Å². The van der Waals surface area contributed by atoms with E-state index in [4.69, 9.17) is 10.5 Å². The van der Waals surface area contributed by atoms with E-state index < -0.39 is 0 Å². The van der Waals surface area contributed by atoms with Crippen molar-refractivity contribution in [1.29, 1.82) is 0 Å². The van der Waals surface area contributed by atoms with Gasteiger partial charge in [0, 0.05) is 38.0 Å². The molecule has 1 fully saturated rings. The molecule has 88 valence electrons. The first-order chi connectivity index (χ1) is 7.74. The van der Waals surface area contributed by atoms with Gasteiger partial charge in [-0.1, -0.05) is 0 Å². The van der Waals surface area contributed by atoms with Gasteiger partial charge in [0.15, 0.2) is 0 Å². The maximum Gasteiger partial charge on any atom is 0.132 e. The Hall–Kier alpha value is -1.20. The van der Waals surface area contributed by atoms with Crippen LogP contribution in [0.1, 0.15) is 12.1 Å². The zero-order chi connectivity index (χ0) is 11.5. The molecule has 1 aliphatic rings. The first-order valence-corrected chi connectivity index (χ1v) is 5.52. The molecule has 0 amide bonds. The van der Waals surface area contributed by atoms with E-state index in [-0.39, 0.29) is 6.10 Å². The molecule has 0 bridgehead atoms. The van der Waals surface area contributed by atoms with Crippen molar-refractivity contribution in [2.75, 3.05) is 25.1 Å². The molecular weight excluding hydrogens is 204 g/mol. The molecule has 0 radical (unpaired) electrons. The van der Waals surface area contributed by atoms with Crippen LogP contribution in [-0.4, -0.2) is 42.3 Å². The van der Waals surface area contributed by atoms with Gasteiger partial charge in [-0.15, -0.1) is 0 Å². The number of rotatable bonds is 3. The summed E-state index contributed by atoms with van der Waals surface area (Å²) in [4.78, 5) is 10.6. The second-order valence-electron chi connectivity index (χ2n) is 4.15. The Morgan fingerprint density at radius 3 is 3.00 bits per heavy atom. The van der Waals surface area contributed by atoms with Crippen molar-refractivity contribution in [3.8, 4) is 0 Å². The summed E-state index contributed by atoms with van der Waals surface area (Å²) in [5, 5.41) is 0. The van der Waals surface area contributed by atoms with Crippen LogP contribution in [0, 0.1) is 6.92 Å². The molecule has 2 unspecified atom stereocenters. The summed E-state index contributed by atoms with van der Waals surface area (Å²) in [5.41, 5.74) is 6.75. The minimum Gasteiger partial charge on any atom is -0.380 e. The van der Waals surface area contributed by atoms with E-state index in [2.05, 4.69) is 14.9 Å². The highest BCUT2D eigenvalue weighted by molar-refractivity contribution is 5.42. The van der Waals surface area contributed by atoms with Crippen molar-refractivity contribution in [2.45, 2.75) is 25.5 Å². The van der Waals surface area contributed by atoms with Crippen LogP contribution >= 0.6 is 0 Å². The van der Waals surface area contributed by atoms with Crippen molar-refractivity contribution in [3.63, 3.8) is 0 Å². The Morgan fingerprint density at radius 1 is 1.56 bits per heavy atom. The quantitative estimate of drug-likeness (QED) is 0.799. The van der Waals surface area contributed by atoms with Crippen molar-refractivity contribution < 1.29 is 4.74 Å². The van der Waals surface area contributed by atoms with Gasteiger partial charge in [-0.25, -0.2) is 9.97 Å². The smallest absolute Gasteiger partial charge is 0.132 e. The van der Waals surface area contributed by atoms with Gasteiger partial charge in [0.1, 0.15) is 12.1 Å². The third-order valence-electron chi connectivity index (χ3n) is 3.07. The highest BCUT2D eigenvalue weighted by Gasteiger charge is 2.31. The van der Waals surface area contributed by atoms with Crippen LogP contribution in [0.2, 0.25) is 0 Å². The van der Waals surface area contributed by atoms with E-state index >= 15 is 0 Å². The maximum absolute atomic E-state index is 5.78. The van der Waals surface area contributed by atoms with E-state index in [0.29, 0.717) is 12.6 Å². The monoisotopic (exact) mass is 222 g/mol. The number of nitrogens with zero attached hydrogens (tertiary/aromatic N) is 3. The molecule has 2 rings (SSSR count). The zero-order valence-corrected chi connectivity index (χ0v) is 9.76. The predicted molar refractivity (Wildman–Crippen MR) is 62.4 cm³/mol. The summed E-state index contributed by atoms with van der Waals surface area (Å²) in [5.74, 6) is 0.947. The van der Waals surface area contributed by atoms with Crippen molar-refractivity contribution in [3.05, 3.63) is 18.1 Å². The molecule has 0 aromatic carbocycles. The summed E-state index contributed by atoms with van der Waals surface area (Å²) in [7, 11) is 1.74. The summed E-state index contributed by atoms with van der Waals surface area (Å²) in [6.07, 6.45) is 2.82. The Morgan fingerprint density at radius 2 is 2.38 bits per heavy atom. The highest BCUT2D eigenvalue weighted by Crippen LogP contribution is 2.24. The number of hydrogen-bond donors (Lipinski definition) is 1. The predicted octanol–water partition coefficient (Wildman–Crippen LogP) is 0.337. The first-order valence-electron chi connectivity index (χ1n) is 5.52. The fraction of sp³-hybridized carbons (Fsp3) is 0.636. The molecule has 2 N–H and O–H groups in total. The van der Waals surface area contributed by atoms with Crippen molar-refractivity contribution in [1.82, 2.24) is 9.97 Å². The molecule has 5 nitrogen and oxygen atoms in total. The Bertz CT molecular complexity index is 358. The lowest BCUT2D eigenvalue weighted by Crippen LogP contribution is -2.36. The fourth-order valence-electron chi connectivity index (χ4n) is 2.15. The molecule has 2 heterocycles. The highest BCUT2D eigenvalue weighted by atomic mass is 16.5.